The van der Waals surface area contributed by atoms with Gasteiger partial charge < -0.3 is 14.8 Å². The van der Waals surface area contributed by atoms with Gasteiger partial charge in [-0.05, 0) is 42.5 Å². The Morgan fingerprint density at radius 1 is 1.00 bits per heavy atom. The Labute approximate surface area is 227 Å². The van der Waals surface area contributed by atoms with E-state index < -0.39 is 39.9 Å². The minimum Gasteiger partial charge on any atom is -0.493 e. The highest BCUT2D eigenvalue weighted by molar-refractivity contribution is 6.03. The number of carbonyl (C=O) groups is 1. The largest absolute Gasteiger partial charge is 0.493 e. The molecule has 1 N–H and O–H groups in total. The number of nitro benzene ring substituents is 1. The van der Waals surface area contributed by atoms with E-state index in [1.165, 1.54) is 25.3 Å². The fourth-order valence-electron chi connectivity index (χ4n) is 3.90. The van der Waals surface area contributed by atoms with E-state index >= 15 is 0 Å². The van der Waals surface area contributed by atoms with Crippen molar-refractivity contribution in [3.05, 3.63) is 106 Å². The quantitative estimate of drug-likeness (QED) is 0.135. The van der Waals surface area contributed by atoms with Crippen LogP contribution in [0.3, 0.4) is 0 Å². The smallest absolute Gasteiger partial charge is 0.433 e. The first kappa shape index (κ1) is 27.1. The van der Waals surface area contributed by atoms with Crippen LogP contribution >= 0.6 is 0 Å². The fraction of sp³-hybridized carbons (Fsp3) is 0.0741. The van der Waals surface area contributed by atoms with Crippen LogP contribution in [-0.4, -0.2) is 32.5 Å². The number of methoxy groups -OCH3 is 1. The van der Waals surface area contributed by atoms with Crippen LogP contribution in [0.2, 0.25) is 0 Å². The minimum absolute atomic E-state index is 0.0148. The molecule has 0 aliphatic carbocycles. The van der Waals surface area contributed by atoms with Gasteiger partial charge in [-0.2, -0.15) is 18.3 Å². The Kier molecular flexibility index (Phi) is 6.97. The second kappa shape index (κ2) is 10.6. The van der Waals surface area contributed by atoms with Crippen molar-refractivity contribution in [1.82, 2.24) is 14.6 Å². The van der Waals surface area contributed by atoms with E-state index in [0.717, 1.165) is 36.4 Å². The third-order valence-corrected chi connectivity index (χ3v) is 5.75. The average molecular weight is 567 g/mol. The molecule has 0 bridgehead atoms. The SMILES string of the molecule is COc1ccccc1Oc1cc(NC(=O)c2cc3nc(-c4ccc(F)cc4)cc(C(F)(F)F)n3n2)cc([N+](=O)[O-])c1. The standard InChI is InChI=1S/C27H17F4N5O5/c1-40-22-4-2-3-5-23(22)41-19-11-17(10-18(12-19)36(38)39)32-26(37)21-14-25-33-20(15-6-8-16(28)9-7-15)13-24(27(29,30)31)35(25)34-21/h2-14H,1H3,(H,32,37). The summed E-state index contributed by atoms with van der Waals surface area (Å²) < 4.78 is 66.4. The monoisotopic (exact) mass is 567 g/mol. The van der Waals surface area contributed by atoms with Gasteiger partial charge in [-0.15, -0.1) is 0 Å². The number of rotatable bonds is 7. The highest BCUT2D eigenvalue weighted by Gasteiger charge is 2.35. The summed E-state index contributed by atoms with van der Waals surface area (Å²) in [4.78, 5) is 28.0. The summed E-state index contributed by atoms with van der Waals surface area (Å²) >= 11 is 0. The maximum absolute atomic E-state index is 13.9. The molecule has 1 amide bonds. The number of carbonyl (C=O) groups excluding carboxylic acids is 1. The molecular formula is C27H17F4N5O5. The number of non-ortho nitro benzene ring substituents is 1. The molecule has 0 saturated heterocycles. The van der Waals surface area contributed by atoms with E-state index in [0.29, 0.717) is 10.3 Å². The number of hydrogen-bond acceptors (Lipinski definition) is 7. The minimum atomic E-state index is -4.87. The van der Waals surface area contributed by atoms with Crippen LogP contribution < -0.4 is 14.8 Å². The van der Waals surface area contributed by atoms with Crippen molar-refractivity contribution in [2.45, 2.75) is 6.18 Å². The summed E-state index contributed by atoms with van der Waals surface area (Å²) in [5.41, 5.74) is -2.38. The predicted octanol–water partition coefficient (Wildman–Crippen LogP) is 6.52. The fourth-order valence-corrected chi connectivity index (χ4v) is 3.90. The molecule has 0 unspecified atom stereocenters. The number of nitrogens with one attached hydrogen (secondary N) is 1. The zero-order valence-corrected chi connectivity index (χ0v) is 20.8. The van der Waals surface area contributed by atoms with Crippen LogP contribution in [0.15, 0.2) is 78.9 Å². The van der Waals surface area contributed by atoms with Gasteiger partial charge in [0.25, 0.3) is 11.6 Å². The van der Waals surface area contributed by atoms with Gasteiger partial charge in [0.05, 0.1) is 29.5 Å². The number of alkyl halides is 3. The number of nitrogens with zero attached hydrogens (tertiary/aromatic N) is 4. The molecule has 0 spiro atoms. The summed E-state index contributed by atoms with van der Waals surface area (Å²) in [6, 6.07) is 16.5. The lowest BCUT2D eigenvalue weighted by Crippen LogP contribution is -2.16. The Morgan fingerprint density at radius 3 is 2.37 bits per heavy atom. The highest BCUT2D eigenvalue weighted by atomic mass is 19.4. The number of para-hydroxylation sites is 2. The third kappa shape index (κ3) is 5.75. The highest BCUT2D eigenvalue weighted by Crippen LogP contribution is 2.35. The van der Waals surface area contributed by atoms with Crippen molar-refractivity contribution in [3.8, 4) is 28.5 Å². The molecule has 14 heteroatoms. The lowest BCUT2D eigenvalue weighted by atomic mass is 10.1. The van der Waals surface area contributed by atoms with Gasteiger partial charge in [0.1, 0.15) is 11.6 Å². The van der Waals surface area contributed by atoms with Crippen LogP contribution in [0.1, 0.15) is 16.2 Å². The number of benzene rings is 3. The van der Waals surface area contributed by atoms with E-state index in [-0.39, 0.29) is 34.1 Å². The summed E-state index contributed by atoms with van der Waals surface area (Å²) in [6.07, 6.45) is -4.87. The van der Waals surface area contributed by atoms with Gasteiger partial charge in [0.15, 0.2) is 28.5 Å². The molecule has 0 radical (unpaired) electrons. The normalized spacial score (nSPS) is 11.3. The molecule has 0 aliphatic heterocycles. The van der Waals surface area contributed by atoms with Gasteiger partial charge in [0, 0.05) is 23.8 Å². The van der Waals surface area contributed by atoms with Crippen molar-refractivity contribution in [1.29, 1.82) is 0 Å². The molecule has 0 saturated carbocycles. The number of nitro groups is 1. The number of amides is 1. The first-order valence-corrected chi connectivity index (χ1v) is 11.7. The average Bonchev–Trinajstić information content (AvgIpc) is 3.37. The van der Waals surface area contributed by atoms with E-state index in [4.69, 9.17) is 9.47 Å². The second-order valence-electron chi connectivity index (χ2n) is 8.51. The lowest BCUT2D eigenvalue weighted by molar-refractivity contribution is -0.384. The van der Waals surface area contributed by atoms with Gasteiger partial charge >= 0.3 is 6.18 Å². The molecule has 10 nitrogen and oxygen atoms in total. The third-order valence-electron chi connectivity index (χ3n) is 5.75. The maximum Gasteiger partial charge on any atom is 0.433 e. The van der Waals surface area contributed by atoms with Crippen molar-refractivity contribution in [2.75, 3.05) is 12.4 Å². The predicted molar refractivity (Wildman–Crippen MR) is 138 cm³/mol. The van der Waals surface area contributed by atoms with E-state index in [1.807, 2.05) is 0 Å². The van der Waals surface area contributed by atoms with Crippen molar-refractivity contribution in [2.24, 2.45) is 0 Å². The number of hydrogen-bond donors (Lipinski definition) is 1. The van der Waals surface area contributed by atoms with Crippen molar-refractivity contribution >= 4 is 22.9 Å². The number of ether oxygens (including phenoxy) is 2. The number of halogens is 4. The molecule has 41 heavy (non-hydrogen) atoms. The van der Waals surface area contributed by atoms with E-state index in [1.54, 1.807) is 24.3 Å². The van der Waals surface area contributed by atoms with Crippen LogP contribution in [0.4, 0.5) is 28.9 Å². The van der Waals surface area contributed by atoms with Gasteiger partial charge in [0.2, 0.25) is 0 Å². The van der Waals surface area contributed by atoms with E-state index in [2.05, 4.69) is 15.4 Å². The summed E-state index contributed by atoms with van der Waals surface area (Å²) in [5, 5.41) is 17.7. The van der Waals surface area contributed by atoms with Gasteiger partial charge in [-0.25, -0.2) is 13.9 Å². The molecule has 208 valence electrons. The summed E-state index contributed by atoms with van der Waals surface area (Å²) in [6.45, 7) is 0. The van der Waals surface area contributed by atoms with Crippen LogP contribution in [0, 0.1) is 15.9 Å². The Morgan fingerprint density at radius 2 is 1.71 bits per heavy atom. The molecule has 0 fully saturated rings. The molecule has 0 aliphatic rings. The summed E-state index contributed by atoms with van der Waals surface area (Å²) in [7, 11) is 1.41. The number of aromatic nitrogens is 3. The maximum atomic E-state index is 13.9. The molecular weight excluding hydrogens is 550 g/mol. The Hall–Kier alpha value is -5.53. The number of anilines is 1. The Balaban J connectivity index is 1.50. The topological polar surface area (TPSA) is 121 Å². The molecule has 2 aromatic heterocycles. The van der Waals surface area contributed by atoms with Crippen LogP contribution in [-0.2, 0) is 6.18 Å². The zero-order chi connectivity index (χ0) is 29.3. The van der Waals surface area contributed by atoms with Crippen LogP contribution in [0.25, 0.3) is 16.9 Å². The first-order chi connectivity index (χ1) is 19.5. The van der Waals surface area contributed by atoms with Gasteiger partial charge in [-0.3, -0.25) is 14.9 Å². The summed E-state index contributed by atoms with van der Waals surface area (Å²) in [5.74, 6) is -0.959. The molecule has 2 heterocycles. The molecule has 3 aromatic carbocycles. The van der Waals surface area contributed by atoms with Crippen molar-refractivity contribution in [3.63, 3.8) is 0 Å². The zero-order valence-electron chi connectivity index (χ0n) is 20.8. The molecule has 5 aromatic rings. The Bertz CT molecular complexity index is 1790. The van der Waals surface area contributed by atoms with Crippen LogP contribution in [0.5, 0.6) is 17.2 Å². The number of fused-ring (bicyclic) bond motifs is 1. The second-order valence-corrected chi connectivity index (χ2v) is 8.51. The first-order valence-electron chi connectivity index (χ1n) is 11.7. The van der Waals surface area contributed by atoms with Gasteiger partial charge in [-0.1, -0.05) is 12.1 Å². The van der Waals surface area contributed by atoms with Crippen molar-refractivity contribution < 1.29 is 36.8 Å². The molecule has 5 rings (SSSR count). The van der Waals surface area contributed by atoms with E-state index in [9.17, 15) is 32.5 Å². The molecule has 0 atom stereocenters. The lowest BCUT2D eigenvalue weighted by Gasteiger charge is -2.11.